The van der Waals surface area contributed by atoms with E-state index in [0.29, 0.717) is 30.0 Å². The molecule has 0 bridgehead atoms. The number of anilines is 1. The second-order valence-corrected chi connectivity index (χ2v) is 7.62. The Morgan fingerprint density at radius 3 is 2.52 bits per heavy atom. The van der Waals surface area contributed by atoms with E-state index in [1.807, 2.05) is 20.8 Å². The first-order valence-corrected chi connectivity index (χ1v) is 9.44. The molecule has 0 atom stereocenters. The summed E-state index contributed by atoms with van der Waals surface area (Å²) >= 11 is 0. The van der Waals surface area contributed by atoms with Gasteiger partial charge in [-0.3, -0.25) is 10.1 Å². The monoisotopic (exact) mass is 408 g/mol. The van der Waals surface area contributed by atoms with Crippen molar-refractivity contribution in [2.75, 3.05) is 25.5 Å². The van der Waals surface area contributed by atoms with Crippen molar-refractivity contribution < 1.29 is 14.5 Å². The predicted octanol–water partition coefficient (Wildman–Crippen LogP) is 2.76. The van der Waals surface area contributed by atoms with Crippen molar-refractivity contribution in [3.63, 3.8) is 0 Å². The van der Waals surface area contributed by atoms with Crippen LogP contribution < -0.4 is 22.2 Å². The topological polar surface area (TPSA) is 149 Å². The molecule has 0 aliphatic carbocycles. The summed E-state index contributed by atoms with van der Waals surface area (Å²) in [4.78, 5) is 22.5. The van der Waals surface area contributed by atoms with E-state index in [4.69, 9.17) is 16.3 Å². The zero-order chi connectivity index (χ0) is 22.0. The first-order valence-electron chi connectivity index (χ1n) is 9.44. The summed E-state index contributed by atoms with van der Waals surface area (Å²) < 4.78 is 5.17. The summed E-state index contributed by atoms with van der Waals surface area (Å²) in [6, 6.07) is 4.71. The van der Waals surface area contributed by atoms with Crippen molar-refractivity contribution in [2.45, 2.75) is 45.6 Å². The van der Waals surface area contributed by atoms with E-state index in [-0.39, 0.29) is 5.69 Å². The lowest BCUT2D eigenvalue weighted by Crippen LogP contribution is -2.33. The van der Waals surface area contributed by atoms with Crippen LogP contribution in [-0.2, 0) is 4.74 Å². The maximum Gasteiger partial charge on any atom is 0.407 e. The van der Waals surface area contributed by atoms with E-state index in [0.717, 1.165) is 19.3 Å². The standard InChI is InChI=1S/C19H32N6O4/c1-19(2,3)29-18(26)23-12-7-5-6-11-22-17-14(15(20)13-24(4)21)9-8-10-16(17)25(27)28/h8-10,13,22H,5-7,11-12,20-21H2,1-4H3,(H,23,26)/b15-13-. The molecule has 162 valence electrons. The van der Waals surface area contributed by atoms with Gasteiger partial charge in [-0.2, -0.15) is 0 Å². The highest BCUT2D eigenvalue weighted by Crippen LogP contribution is 2.31. The number of hydrogen-bond acceptors (Lipinski definition) is 8. The van der Waals surface area contributed by atoms with Gasteiger partial charge in [-0.25, -0.2) is 10.6 Å². The van der Waals surface area contributed by atoms with Gasteiger partial charge in [0.1, 0.15) is 11.3 Å². The van der Waals surface area contributed by atoms with E-state index in [1.54, 1.807) is 19.2 Å². The molecule has 1 rings (SSSR count). The first-order chi connectivity index (χ1) is 13.5. The Bertz CT molecular complexity index is 728. The third kappa shape index (κ3) is 9.15. The number of alkyl carbamates (subject to hydrolysis) is 1. The third-order valence-corrected chi connectivity index (χ3v) is 3.72. The number of rotatable bonds is 10. The van der Waals surface area contributed by atoms with E-state index in [1.165, 1.54) is 17.3 Å². The van der Waals surface area contributed by atoms with Crippen LogP contribution in [0.3, 0.4) is 0 Å². The minimum atomic E-state index is -0.523. The Morgan fingerprint density at radius 1 is 1.28 bits per heavy atom. The Morgan fingerprint density at radius 2 is 1.93 bits per heavy atom. The molecule has 6 N–H and O–H groups in total. The van der Waals surface area contributed by atoms with Gasteiger partial charge in [0.05, 0.1) is 10.6 Å². The van der Waals surface area contributed by atoms with Gasteiger partial charge in [0.25, 0.3) is 5.69 Å². The maximum atomic E-state index is 11.6. The van der Waals surface area contributed by atoms with Crippen LogP contribution in [-0.4, -0.2) is 41.8 Å². The molecule has 0 saturated heterocycles. The molecule has 1 aromatic rings. The van der Waals surface area contributed by atoms with Crippen molar-refractivity contribution in [1.29, 1.82) is 0 Å². The molecule has 0 saturated carbocycles. The fraction of sp³-hybridized carbons (Fsp3) is 0.526. The zero-order valence-corrected chi connectivity index (χ0v) is 17.5. The molecule has 29 heavy (non-hydrogen) atoms. The number of nitro groups is 1. The summed E-state index contributed by atoms with van der Waals surface area (Å²) in [5, 5.41) is 18.5. The average Bonchev–Trinajstić information content (AvgIpc) is 2.58. The van der Waals surface area contributed by atoms with Crippen LogP contribution in [0.4, 0.5) is 16.2 Å². The van der Waals surface area contributed by atoms with E-state index in [9.17, 15) is 14.9 Å². The van der Waals surface area contributed by atoms with Crippen LogP contribution in [0.1, 0.15) is 45.6 Å². The maximum absolute atomic E-state index is 11.6. The highest BCUT2D eigenvalue weighted by Gasteiger charge is 2.18. The molecule has 10 heteroatoms. The Balaban J connectivity index is 2.57. The highest BCUT2D eigenvalue weighted by molar-refractivity contribution is 5.80. The van der Waals surface area contributed by atoms with Crippen LogP contribution in [0.2, 0.25) is 0 Å². The smallest absolute Gasteiger partial charge is 0.407 e. The van der Waals surface area contributed by atoms with Gasteiger partial charge in [0.15, 0.2) is 0 Å². The van der Waals surface area contributed by atoms with E-state index < -0.39 is 16.6 Å². The van der Waals surface area contributed by atoms with Gasteiger partial charge in [0.2, 0.25) is 0 Å². The summed E-state index contributed by atoms with van der Waals surface area (Å²) in [5.41, 5.74) is 6.66. The number of amides is 1. The molecule has 0 aromatic heterocycles. The fourth-order valence-electron chi connectivity index (χ4n) is 2.55. The molecular weight excluding hydrogens is 376 g/mol. The second-order valence-electron chi connectivity index (χ2n) is 7.62. The van der Waals surface area contributed by atoms with Gasteiger partial charge in [-0.15, -0.1) is 0 Å². The summed E-state index contributed by atoms with van der Waals surface area (Å²) in [5.74, 6) is 5.59. The molecule has 0 radical (unpaired) electrons. The number of benzene rings is 1. The minimum absolute atomic E-state index is 0.0508. The molecule has 0 heterocycles. The van der Waals surface area contributed by atoms with Crippen LogP contribution >= 0.6 is 0 Å². The molecule has 0 unspecified atom stereocenters. The summed E-state index contributed by atoms with van der Waals surface area (Å²) in [6.07, 6.45) is 3.42. The quantitative estimate of drug-likeness (QED) is 0.200. The summed E-state index contributed by atoms with van der Waals surface area (Å²) in [7, 11) is 1.61. The van der Waals surface area contributed by atoms with Gasteiger partial charge < -0.3 is 26.1 Å². The third-order valence-electron chi connectivity index (χ3n) is 3.72. The molecule has 1 aromatic carbocycles. The van der Waals surface area contributed by atoms with Crippen LogP contribution in [0.5, 0.6) is 0 Å². The van der Waals surface area contributed by atoms with Gasteiger partial charge in [-0.1, -0.05) is 12.1 Å². The number of nitrogens with two attached hydrogens (primary N) is 2. The van der Waals surface area contributed by atoms with Crippen molar-refractivity contribution in [2.24, 2.45) is 11.6 Å². The van der Waals surface area contributed by atoms with Crippen molar-refractivity contribution >= 4 is 23.2 Å². The lowest BCUT2D eigenvalue weighted by molar-refractivity contribution is -0.384. The van der Waals surface area contributed by atoms with Gasteiger partial charge in [0, 0.05) is 38.0 Å². The van der Waals surface area contributed by atoms with Crippen molar-refractivity contribution in [3.8, 4) is 0 Å². The number of hydrazine groups is 1. The number of unbranched alkanes of at least 4 members (excludes halogenated alkanes) is 2. The number of nitrogens with one attached hydrogen (secondary N) is 2. The SMILES string of the molecule is CN(N)/C=C(\N)c1cccc([N+](=O)[O-])c1NCCCCCNC(=O)OC(C)(C)C. The Kier molecular flexibility index (Phi) is 9.20. The number of nitro benzene ring substituents is 1. The number of carbonyl (C=O) groups excluding carboxylic acids is 1. The average molecular weight is 409 g/mol. The van der Waals surface area contributed by atoms with Crippen LogP contribution in [0.15, 0.2) is 24.4 Å². The van der Waals surface area contributed by atoms with Crippen LogP contribution in [0, 0.1) is 10.1 Å². The Labute approximate surface area is 171 Å². The van der Waals surface area contributed by atoms with Crippen molar-refractivity contribution in [1.82, 2.24) is 10.3 Å². The Hall–Kier alpha value is -3.01. The van der Waals surface area contributed by atoms with E-state index in [2.05, 4.69) is 10.6 Å². The molecule has 0 spiro atoms. The lowest BCUT2D eigenvalue weighted by atomic mass is 10.1. The molecule has 0 fully saturated rings. The van der Waals surface area contributed by atoms with E-state index >= 15 is 0 Å². The number of nitrogens with zero attached hydrogens (tertiary/aromatic N) is 2. The largest absolute Gasteiger partial charge is 0.444 e. The second kappa shape index (κ2) is 11.1. The van der Waals surface area contributed by atoms with Gasteiger partial charge >= 0.3 is 6.09 Å². The normalized spacial score (nSPS) is 11.7. The molecule has 10 nitrogen and oxygen atoms in total. The number of carbonyl (C=O) groups is 1. The predicted molar refractivity (Wildman–Crippen MR) is 114 cm³/mol. The van der Waals surface area contributed by atoms with Crippen molar-refractivity contribution in [3.05, 3.63) is 40.1 Å². The van der Waals surface area contributed by atoms with Crippen LogP contribution in [0.25, 0.3) is 5.70 Å². The minimum Gasteiger partial charge on any atom is -0.444 e. The number of para-hydroxylation sites is 1. The molecule has 1 amide bonds. The fourth-order valence-corrected chi connectivity index (χ4v) is 2.55. The summed E-state index contributed by atoms with van der Waals surface area (Å²) in [6.45, 7) is 6.45. The molecule has 0 aliphatic heterocycles. The molecule has 0 aliphatic rings. The number of ether oxygens (including phenoxy) is 1. The zero-order valence-electron chi connectivity index (χ0n) is 17.5. The van der Waals surface area contributed by atoms with Gasteiger partial charge in [-0.05, 0) is 40.0 Å². The lowest BCUT2D eigenvalue weighted by Gasteiger charge is -2.19. The first kappa shape index (κ1) is 24.0. The number of hydrogen-bond donors (Lipinski definition) is 4. The highest BCUT2D eigenvalue weighted by atomic mass is 16.6. The molecular formula is C19H32N6O4.